The molecule has 6 nitrogen and oxygen atoms in total. The van der Waals surface area contributed by atoms with E-state index in [4.69, 9.17) is 5.73 Å². The van der Waals surface area contributed by atoms with Crippen LogP contribution in [0.5, 0.6) is 0 Å². The Morgan fingerprint density at radius 3 is 2.34 bits per heavy atom. The molecule has 1 aromatic heterocycles. The van der Waals surface area contributed by atoms with Gasteiger partial charge >= 0.3 is 0 Å². The second kappa shape index (κ2) is 11.9. The number of anilines is 1. The molecule has 0 aliphatic heterocycles. The molecule has 38 heavy (non-hydrogen) atoms. The first-order chi connectivity index (χ1) is 18.1. The molecule has 0 spiro atoms. The largest absolute Gasteiger partial charge is 0.354 e. The Kier molecular flexibility index (Phi) is 8.86. The van der Waals surface area contributed by atoms with Gasteiger partial charge in [0.05, 0.1) is 5.41 Å². The van der Waals surface area contributed by atoms with Gasteiger partial charge in [-0.25, -0.2) is 4.39 Å². The van der Waals surface area contributed by atoms with Crippen molar-refractivity contribution in [1.29, 1.82) is 0 Å². The fourth-order valence-electron chi connectivity index (χ4n) is 6.91. The predicted octanol–water partition coefficient (Wildman–Crippen LogP) is 5.58. The zero-order chi connectivity index (χ0) is 27.3. The summed E-state index contributed by atoms with van der Waals surface area (Å²) in [5.41, 5.74) is 7.20. The van der Waals surface area contributed by atoms with E-state index in [1.165, 1.54) is 12.1 Å². The van der Waals surface area contributed by atoms with Crippen molar-refractivity contribution >= 4 is 17.5 Å². The Hall–Kier alpha value is -2.80. The minimum absolute atomic E-state index is 0.0135. The maximum Gasteiger partial charge on any atom is 0.230 e. The highest BCUT2D eigenvalue weighted by Crippen LogP contribution is 2.46. The van der Waals surface area contributed by atoms with E-state index < -0.39 is 10.8 Å². The third-order valence-corrected chi connectivity index (χ3v) is 8.77. The molecular formula is C31H43FN4O2. The number of carbonyl (C=O) groups excluding carboxylic acids is 2. The van der Waals surface area contributed by atoms with Gasteiger partial charge in [-0.3, -0.25) is 14.6 Å². The first-order valence-electron chi connectivity index (χ1n) is 14.1. The zero-order valence-corrected chi connectivity index (χ0v) is 23.0. The summed E-state index contributed by atoms with van der Waals surface area (Å²) in [5.74, 6) is 0.730. The molecule has 0 radical (unpaired) electrons. The highest BCUT2D eigenvalue weighted by Gasteiger charge is 2.45. The highest BCUT2D eigenvalue weighted by atomic mass is 19.1. The molecule has 2 aliphatic rings. The Morgan fingerprint density at radius 2 is 1.71 bits per heavy atom. The van der Waals surface area contributed by atoms with Crippen LogP contribution < -0.4 is 16.4 Å². The van der Waals surface area contributed by atoms with Crippen molar-refractivity contribution in [2.24, 2.45) is 28.9 Å². The number of pyridine rings is 1. The molecule has 2 amide bonds. The van der Waals surface area contributed by atoms with Crippen LogP contribution in [0.15, 0.2) is 48.8 Å². The van der Waals surface area contributed by atoms with Gasteiger partial charge in [-0.15, -0.1) is 0 Å². The lowest BCUT2D eigenvalue weighted by atomic mass is 9.63. The molecule has 2 aliphatic carbocycles. The average molecular weight is 523 g/mol. The molecule has 4 rings (SSSR count). The smallest absolute Gasteiger partial charge is 0.230 e. The second-order valence-electron chi connectivity index (χ2n) is 12.3. The Bertz CT molecular complexity index is 1080. The molecule has 4 atom stereocenters. The number of amides is 2. The lowest BCUT2D eigenvalue weighted by Gasteiger charge is -2.44. The van der Waals surface area contributed by atoms with Crippen molar-refractivity contribution in [3.63, 3.8) is 0 Å². The van der Waals surface area contributed by atoms with E-state index in [2.05, 4.69) is 36.4 Å². The van der Waals surface area contributed by atoms with Crippen molar-refractivity contribution in [3.8, 4) is 0 Å². The van der Waals surface area contributed by atoms with Gasteiger partial charge in [-0.1, -0.05) is 45.7 Å². The number of rotatable bonds is 9. The lowest BCUT2D eigenvalue weighted by Crippen LogP contribution is -2.51. The van der Waals surface area contributed by atoms with Crippen molar-refractivity contribution in [1.82, 2.24) is 10.3 Å². The second-order valence-corrected chi connectivity index (χ2v) is 12.3. The number of nitrogens with one attached hydrogen (secondary N) is 2. The quantitative estimate of drug-likeness (QED) is 0.400. The SMILES string of the molecule is CC(C)CC1CC(C(N)CNC(=O)C2(c3ccc(F)cc3)CCCC2)CC(C)(C(=O)Nc2ccncc2)C1. The number of nitrogens with zero attached hydrogens (tertiary/aromatic N) is 1. The molecule has 2 saturated carbocycles. The van der Waals surface area contributed by atoms with Crippen LogP contribution in [0, 0.1) is 29.0 Å². The number of hydrogen-bond acceptors (Lipinski definition) is 4. The topological polar surface area (TPSA) is 97.1 Å². The highest BCUT2D eigenvalue weighted by molar-refractivity contribution is 5.95. The van der Waals surface area contributed by atoms with Crippen LogP contribution in [0.2, 0.25) is 0 Å². The van der Waals surface area contributed by atoms with Gasteiger partial charge in [0.15, 0.2) is 0 Å². The standard InChI is InChI=1S/C31H43FN4O2/c1-21(2)16-22-17-23(19-30(3,18-22)28(37)36-26-10-14-34-15-11-26)27(33)20-35-29(38)31(12-4-5-13-31)24-6-8-25(32)9-7-24/h6-11,14-15,21-23,27H,4-5,12-13,16-20,33H2,1-3H3,(H,35,38)(H,34,36,37). The summed E-state index contributed by atoms with van der Waals surface area (Å²) in [6.45, 7) is 6.85. The summed E-state index contributed by atoms with van der Waals surface area (Å²) < 4.78 is 13.6. The predicted molar refractivity (Wildman–Crippen MR) is 149 cm³/mol. The fourth-order valence-corrected chi connectivity index (χ4v) is 6.91. The number of hydrogen-bond donors (Lipinski definition) is 3. The normalized spacial score (nSPS) is 25.6. The maximum atomic E-state index is 13.6. The zero-order valence-electron chi connectivity index (χ0n) is 23.0. The summed E-state index contributed by atoms with van der Waals surface area (Å²) in [6.07, 6.45) is 10.3. The van der Waals surface area contributed by atoms with E-state index in [9.17, 15) is 14.0 Å². The molecule has 206 valence electrons. The van der Waals surface area contributed by atoms with E-state index in [0.29, 0.717) is 24.8 Å². The van der Waals surface area contributed by atoms with Gasteiger partial charge in [0, 0.05) is 36.1 Å². The first kappa shape index (κ1) is 28.2. The molecule has 1 aromatic carbocycles. The number of nitrogens with two attached hydrogens (primary N) is 1. The summed E-state index contributed by atoms with van der Waals surface area (Å²) in [6, 6.07) is 9.69. The lowest BCUT2D eigenvalue weighted by molar-refractivity contribution is -0.129. The summed E-state index contributed by atoms with van der Waals surface area (Å²) in [5, 5.41) is 6.25. The minimum Gasteiger partial charge on any atom is -0.354 e. The number of halogens is 1. The van der Waals surface area contributed by atoms with Crippen molar-refractivity contribution < 1.29 is 14.0 Å². The van der Waals surface area contributed by atoms with E-state index >= 15 is 0 Å². The molecule has 1 heterocycles. The van der Waals surface area contributed by atoms with Crippen molar-refractivity contribution in [3.05, 3.63) is 60.2 Å². The third-order valence-electron chi connectivity index (χ3n) is 8.77. The average Bonchev–Trinajstić information content (AvgIpc) is 3.38. The van der Waals surface area contributed by atoms with Crippen LogP contribution >= 0.6 is 0 Å². The molecule has 0 saturated heterocycles. The van der Waals surface area contributed by atoms with Crippen LogP contribution in [-0.4, -0.2) is 29.4 Å². The van der Waals surface area contributed by atoms with Gasteiger partial charge in [0.25, 0.3) is 0 Å². The monoisotopic (exact) mass is 522 g/mol. The van der Waals surface area contributed by atoms with Crippen LogP contribution in [0.1, 0.15) is 77.7 Å². The Labute approximate surface area is 226 Å². The molecule has 2 aromatic rings. The summed E-state index contributed by atoms with van der Waals surface area (Å²) in [4.78, 5) is 31.1. The molecule has 7 heteroatoms. The van der Waals surface area contributed by atoms with E-state index in [1.807, 2.05) is 0 Å². The van der Waals surface area contributed by atoms with Crippen LogP contribution in [0.25, 0.3) is 0 Å². The first-order valence-corrected chi connectivity index (χ1v) is 14.1. The third kappa shape index (κ3) is 6.42. The number of aromatic nitrogens is 1. The van der Waals surface area contributed by atoms with Crippen molar-refractivity contribution in [2.75, 3.05) is 11.9 Å². The number of carbonyl (C=O) groups is 2. The van der Waals surface area contributed by atoms with E-state index in [0.717, 1.165) is 56.2 Å². The van der Waals surface area contributed by atoms with Gasteiger partial charge in [0.2, 0.25) is 11.8 Å². The summed E-state index contributed by atoms with van der Waals surface area (Å²) >= 11 is 0. The Balaban J connectivity index is 1.45. The Morgan fingerprint density at radius 1 is 1.05 bits per heavy atom. The molecule has 0 bridgehead atoms. The van der Waals surface area contributed by atoms with Gasteiger partial charge in [-0.05, 0) is 86.1 Å². The van der Waals surface area contributed by atoms with Crippen LogP contribution in [-0.2, 0) is 15.0 Å². The van der Waals surface area contributed by atoms with E-state index in [-0.39, 0.29) is 29.6 Å². The molecule has 4 unspecified atom stereocenters. The molecular weight excluding hydrogens is 479 g/mol. The van der Waals surface area contributed by atoms with Gasteiger partial charge in [0.1, 0.15) is 5.82 Å². The number of benzene rings is 1. The van der Waals surface area contributed by atoms with Gasteiger partial charge < -0.3 is 16.4 Å². The van der Waals surface area contributed by atoms with Crippen LogP contribution in [0.4, 0.5) is 10.1 Å². The van der Waals surface area contributed by atoms with Gasteiger partial charge in [-0.2, -0.15) is 0 Å². The fraction of sp³-hybridized carbons (Fsp3) is 0.581. The van der Waals surface area contributed by atoms with Crippen LogP contribution in [0.3, 0.4) is 0 Å². The maximum absolute atomic E-state index is 13.6. The minimum atomic E-state index is -0.626. The molecule has 4 N–H and O–H groups in total. The van der Waals surface area contributed by atoms with E-state index in [1.54, 1.807) is 36.7 Å². The summed E-state index contributed by atoms with van der Waals surface area (Å²) in [7, 11) is 0. The van der Waals surface area contributed by atoms with Crippen molar-refractivity contribution in [2.45, 2.75) is 83.6 Å². The molecule has 2 fully saturated rings.